The summed E-state index contributed by atoms with van der Waals surface area (Å²) in [4.78, 5) is 18.6. The molecule has 1 aliphatic heterocycles. The Morgan fingerprint density at radius 1 is 1.03 bits per heavy atom. The molecule has 0 bridgehead atoms. The minimum Gasteiger partial charge on any atom is -0.478 e. The van der Waals surface area contributed by atoms with Gasteiger partial charge in [0.15, 0.2) is 0 Å². The molecule has 2 aliphatic rings. The number of aromatic carboxylic acids is 1. The highest BCUT2D eigenvalue weighted by molar-refractivity contribution is 5.93. The van der Waals surface area contributed by atoms with Gasteiger partial charge in [-0.05, 0) is 54.7 Å². The summed E-state index contributed by atoms with van der Waals surface area (Å²) in [5.74, 6) is -0.00211. The predicted molar refractivity (Wildman–Crippen MR) is 138 cm³/mol. The van der Waals surface area contributed by atoms with E-state index in [1.54, 1.807) is 12.1 Å². The number of hydrogen-bond acceptors (Lipinski definition) is 3. The number of halogens is 2. The Morgan fingerprint density at radius 3 is 2.45 bits per heavy atom. The molecular formula is C26H29Cl2N3O2. The second-order valence-corrected chi connectivity index (χ2v) is 8.49. The first-order chi connectivity index (χ1) is 15.2. The number of benzene rings is 2. The molecule has 2 aromatic carbocycles. The summed E-state index contributed by atoms with van der Waals surface area (Å²) in [7, 11) is 0. The number of aromatic nitrogens is 2. The minimum atomic E-state index is -0.915. The first-order valence-electron chi connectivity index (χ1n) is 11.1. The van der Waals surface area contributed by atoms with Crippen molar-refractivity contribution in [3.63, 3.8) is 0 Å². The third-order valence-electron chi connectivity index (χ3n) is 6.38. The van der Waals surface area contributed by atoms with E-state index in [1.807, 2.05) is 12.1 Å². The van der Waals surface area contributed by atoms with Crippen molar-refractivity contribution in [3.8, 4) is 0 Å². The molecule has 1 N–H and O–H groups in total. The molecule has 0 unspecified atom stereocenters. The van der Waals surface area contributed by atoms with Crippen molar-refractivity contribution in [2.75, 3.05) is 11.4 Å². The van der Waals surface area contributed by atoms with Crippen molar-refractivity contribution in [1.82, 2.24) is 9.55 Å². The fraction of sp³-hybridized carbons (Fsp3) is 0.308. The Hall–Kier alpha value is -2.76. The quantitative estimate of drug-likeness (QED) is 0.442. The van der Waals surface area contributed by atoms with Crippen LogP contribution in [0.1, 0.15) is 54.1 Å². The third kappa shape index (κ3) is 5.26. The zero-order valence-corrected chi connectivity index (χ0v) is 20.0. The molecule has 7 heteroatoms. The minimum absolute atomic E-state index is 0. The van der Waals surface area contributed by atoms with Crippen molar-refractivity contribution in [2.24, 2.45) is 0 Å². The lowest BCUT2D eigenvalue weighted by molar-refractivity contribution is 0.0697. The van der Waals surface area contributed by atoms with Crippen LogP contribution < -0.4 is 4.90 Å². The molecule has 0 saturated heterocycles. The van der Waals surface area contributed by atoms with Crippen molar-refractivity contribution in [3.05, 3.63) is 83.6 Å². The van der Waals surface area contributed by atoms with Crippen molar-refractivity contribution < 1.29 is 9.90 Å². The van der Waals surface area contributed by atoms with Crippen LogP contribution in [0.4, 0.5) is 5.95 Å². The fourth-order valence-corrected chi connectivity index (χ4v) is 4.76. The van der Waals surface area contributed by atoms with E-state index in [2.05, 4.69) is 52.1 Å². The van der Waals surface area contributed by atoms with E-state index in [-0.39, 0.29) is 30.4 Å². The van der Waals surface area contributed by atoms with Gasteiger partial charge in [0.1, 0.15) is 0 Å². The van der Waals surface area contributed by atoms with Gasteiger partial charge in [0, 0.05) is 18.8 Å². The van der Waals surface area contributed by atoms with Gasteiger partial charge in [-0.15, -0.1) is 24.8 Å². The van der Waals surface area contributed by atoms with Gasteiger partial charge in [-0.25, -0.2) is 9.78 Å². The molecule has 2 heterocycles. The largest absolute Gasteiger partial charge is 0.478 e. The van der Waals surface area contributed by atoms with E-state index in [0.29, 0.717) is 6.04 Å². The van der Waals surface area contributed by atoms with Crippen LogP contribution in [0.2, 0.25) is 0 Å². The second kappa shape index (κ2) is 10.9. The van der Waals surface area contributed by atoms with Gasteiger partial charge in [-0.3, -0.25) is 0 Å². The van der Waals surface area contributed by atoms with Crippen LogP contribution in [-0.4, -0.2) is 27.2 Å². The molecule has 1 aliphatic carbocycles. The van der Waals surface area contributed by atoms with E-state index < -0.39 is 5.97 Å². The lowest BCUT2D eigenvalue weighted by Gasteiger charge is -2.29. The van der Waals surface area contributed by atoms with Gasteiger partial charge in [-0.1, -0.05) is 55.7 Å². The molecule has 0 radical (unpaired) electrons. The van der Waals surface area contributed by atoms with Gasteiger partial charge in [-0.2, -0.15) is 0 Å². The summed E-state index contributed by atoms with van der Waals surface area (Å²) in [6.07, 6.45) is 13.5. The van der Waals surface area contributed by atoms with Gasteiger partial charge in [0.2, 0.25) is 5.95 Å². The number of anilines is 1. The van der Waals surface area contributed by atoms with Gasteiger partial charge >= 0.3 is 5.97 Å². The monoisotopic (exact) mass is 485 g/mol. The molecule has 0 atom stereocenters. The SMILES string of the molecule is Cl.Cl.O=C(O)c1ccc2c(c1)nc(N1C=CC(Cc3ccccc3)=CC1)n2C1CCCCC1. The molecule has 3 aromatic rings. The number of fused-ring (bicyclic) bond motifs is 1. The van der Waals surface area contributed by atoms with E-state index in [1.165, 1.54) is 30.4 Å². The molecular weight excluding hydrogens is 457 g/mol. The number of carboxylic acid groups (broad SMARTS) is 1. The first-order valence-corrected chi connectivity index (χ1v) is 11.1. The standard InChI is InChI=1S/C26H27N3O2.2ClH/c30-25(31)21-11-12-24-23(18-21)27-26(29(24)22-9-5-2-6-10-22)28-15-13-20(14-16-28)17-19-7-3-1-4-8-19;;/h1,3-4,7-8,11-15,18,22H,2,5-6,9-10,16-17H2,(H,30,31);2*1H. The van der Waals surface area contributed by atoms with E-state index in [0.717, 1.165) is 42.8 Å². The second-order valence-electron chi connectivity index (χ2n) is 8.49. The van der Waals surface area contributed by atoms with Crippen molar-refractivity contribution >= 4 is 47.8 Å². The molecule has 0 amide bonds. The number of nitrogens with zero attached hydrogens (tertiary/aromatic N) is 3. The molecule has 1 saturated carbocycles. The Kier molecular flexibility index (Phi) is 8.22. The third-order valence-corrected chi connectivity index (χ3v) is 6.38. The topological polar surface area (TPSA) is 58.4 Å². The highest BCUT2D eigenvalue weighted by Crippen LogP contribution is 2.36. The lowest BCUT2D eigenvalue weighted by atomic mass is 9.95. The van der Waals surface area contributed by atoms with E-state index in [9.17, 15) is 9.90 Å². The summed E-state index contributed by atoms with van der Waals surface area (Å²) >= 11 is 0. The molecule has 33 heavy (non-hydrogen) atoms. The van der Waals surface area contributed by atoms with Crippen LogP contribution in [0, 0.1) is 0 Å². The zero-order valence-electron chi connectivity index (χ0n) is 18.4. The maximum Gasteiger partial charge on any atom is 0.335 e. The average Bonchev–Trinajstić information content (AvgIpc) is 3.19. The molecule has 174 valence electrons. The molecule has 0 spiro atoms. The summed E-state index contributed by atoms with van der Waals surface area (Å²) < 4.78 is 2.35. The number of rotatable bonds is 5. The smallest absolute Gasteiger partial charge is 0.335 e. The highest BCUT2D eigenvalue weighted by atomic mass is 35.5. The number of imidazole rings is 1. The van der Waals surface area contributed by atoms with Gasteiger partial charge < -0.3 is 14.6 Å². The number of carbonyl (C=O) groups is 1. The van der Waals surface area contributed by atoms with Crippen molar-refractivity contribution in [1.29, 1.82) is 0 Å². The Labute approximate surface area is 206 Å². The summed E-state index contributed by atoms with van der Waals surface area (Å²) in [6.45, 7) is 0.764. The van der Waals surface area contributed by atoms with E-state index in [4.69, 9.17) is 4.98 Å². The van der Waals surface area contributed by atoms with Gasteiger partial charge in [0.05, 0.1) is 16.6 Å². The summed E-state index contributed by atoms with van der Waals surface area (Å²) in [5.41, 5.74) is 4.68. The predicted octanol–water partition coefficient (Wildman–Crippen LogP) is 6.59. The van der Waals surface area contributed by atoms with Crippen LogP contribution in [0.25, 0.3) is 11.0 Å². The molecule has 5 nitrogen and oxygen atoms in total. The Morgan fingerprint density at radius 2 is 1.79 bits per heavy atom. The number of carboxylic acids is 1. The normalized spacial score (nSPS) is 16.1. The fourth-order valence-electron chi connectivity index (χ4n) is 4.76. The molecule has 1 fully saturated rings. The summed E-state index contributed by atoms with van der Waals surface area (Å²) in [6, 6.07) is 16.2. The van der Waals surface area contributed by atoms with Gasteiger partial charge in [0.25, 0.3) is 0 Å². The maximum atomic E-state index is 11.5. The zero-order chi connectivity index (χ0) is 21.2. The average molecular weight is 486 g/mol. The Bertz CT molecular complexity index is 1160. The van der Waals surface area contributed by atoms with Crippen LogP contribution in [-0.2, 0) is 6.42 Å². The number of allylic oxidation sites excluding steroid dienone is 2. The highest BCUT2D eigenvalue weighted by Gasteiger charge is 2.25. The lowest BCUT2D eigenvalue weighted by Crippen LogP contribution is -2.25. The molecule has 1 aromatic heterocycles. The van der Waals surface area contributed by atoms with Crippen LogP contribution in [0.15, 0.2) is 72.5 Å². The van der Waals surface area contributed by atoms with Crippen LogP contribution >= 0.6 is 24.8 Å². The maximum absolute atomic E-state index is 11.5. The molecule has 5 rings (SSSR count). The van der Waals surface area contributed by atoms with Crippen LogP contribution in [0.3, 0.4) is 0 Å². The van der Waals surface area contributed by atoms with Crippen molar-refractivity contribution in [2.45, 2.75) is 44.6 Å². The van der Waals surface area contributed by atoms with E-state index >= 15 is 0 Å². The Balaban J connectivity index is 0.00000153. The summed E-state index contributed by atoms with van der Waals surface area (Å²) in [5, 5.41) is 9.40. The number of hydrogen-bond donors (Lipinski definition) is 1. The van der Waals surface area contributed by atoms with Crippen LogP contribution in [0.5, 0.6) is 0 Å². The first kappa shape index (κ1) is 24.9.